The summed E-state index contributed by atoms with van der Waals surface area (Å²) >= 11 is 0. The topological polar surface area (TPSA) is 62.5 Å². The zero-order valence-electron chi connectivity index (χ0n) is 12.5. The van der Waals surface area contributed by atoms with E-state index in [4.69, 9.17) is 0 Å². The van der Waals surface area contributed by atoms with Gasteiger partial charge in [0.1, 0.15) is 5.69 Å². The largest absolute Gasteiger partial charge is 0.336 e. The Morgan fingerprint density at radius 3 is 2.81 bits per heavy atom. The summed E-state index contributed by atoms with van der Waals surface area (Å²) < 4.78 is 4.59. The van der Waals surface area contributed by atoms with Gasteiger partial charge in [0.05, 0.1) is 0 Å². The molecule has 3 rings (SSSR count). The lowest BCUT2D eigenvalue weighted by Gasteiger charge is -2.16. The van der Waals surface area contributed by atoms with Crippen molar-refractivity contribution in [2.45, 2.75) is 26.6 Å². The first-order chi connectivity index (χ1) is 10.0. The first-order valence-corrected chi connectivity index (χ1v) is 6.88. The highest BCUT2D eigenvalue weighted by molar-refractivity contribution is 5.92. The van der Waals surface area contributed by atoms with E-state index in [-0.39, 0.29) is 11.6 Å². The van der Waals surface area contributed by atoms with Crippen LogP contribution in [0.25, 0.3) is 0 Å². The van der Waals surface area contributed by atoms with Gasteiger partial charge in [-0.1, -0.05) is 23.4 Å². The molecule has 1 amide bonds. The standard InChI is InChI=1S/C15H18N4O2/c1-10-14(17-21-16-10)15(20)19(3)7-11-4-5-12-8-18(2)9-13(12)6-11/h4-6H,7-9H2,1-3H3. The summed E-state index contributed by atoms with van der Waals surface area (Å²) in [5.74, 6) is -0.175. The van der Waals surface area contributed by atoms with Crippen molar-refractivity contribution in [2.24, 2.45) is 0 Å². The summed E-state index contributed by atoms with van der Waals surface area (Å²) in [6.45, 7) is 4.21. The predicted molar refractivity (Wildman–Crippen MR) is 76.4 cm³/mol. The van der Waals surface area contributed by atoms with E-state index in [0.29, 0.717) is 12.2 Å². The molecule has 1 aliphatic rings. The van der Waals surface area contributed by atoms with E-state index in [1.54, 1.807) is 18.9 Å². The molecule has 0 saturated carbocycles. The van der Waals surface area contributed by atoms with Crippen molar-refractivity contribution < 1.29 is 9.42 Å². The summed E-state index contributed by atoms with van der Waals surface area (Å²) in [5.41, 5.74) is 4.62. The second-order valence-electron chi connectivity index (χ2n) is 5.63. The number of aromatic nitrogens is 2. The Labute approximate surface area is 123 Å². The lowest BCUT2D eigenvalue weighted by Crippen LogP contribution is -2.27. The third kappa shape index (κ3) is 2.67. The van der Waals surface area contributed by atoms with Crippen LogP contribution in [0.5, 0.6) is 0 Å². The van der Waals surface area contributed by atoms with Gasteiger partial charge in [-0.05, 0) is 35.8 Å². The lowest BCUT2D eigenvalue weighted by molar-refractivity contribution is 0.0773. The van der Waals surface area contributed by atoms with Crippen LogP contribution in [0.4, 0.5) is 0 Å². The second-order valence-corrected chi connectivity index (χ2v) is 5.63. The van der Waals surface area contributed by atoms with Crippen LogP contribution in [0.3, 0.4) is 0 Å². The van der Waals surface area contributed by atoms with Gasteiger partial charge in [0.25, 0.3) is 5.91 Å². The Balaban J connectivity index is 1.74. The Morgan fingerprint density at radius 1 is 1.33 bits per heavy atom. The Hall–Kier alpha value is -2.21. The number of amides is 1. The van der Waals surface area contributed by atoms with E-state index in [1.165, 1.54) is 11.1 Å². The van der Waals surface area contributed by atoms with Crippen LogP contribution < -0.4 is 0 Å². The smallest absolute Gasteiger partial charge is 0.278 e. The molecule has 1 aliphatic heterocycles. The molecular weight excluding hydrogens is 268 g/mol. The van der Waals surface area contributed by atoms with Crippen LogP contribution in [0.1, 0.15) is 32.9 Å². The fourth-order valence-corrected chi connectivity index (χ4v) is 2.67. The molecule has 6 heteroatoms. The van der Waals surface area contributed by atoms with Crippen LogP contribution >= 0.6 is 0 Å². The minimum Gasteiger partial charge on any atom is -0.336 e. The van der Waals surface area contributed by atoms with Crippen LogP contribution in [-0.2, 0) is 19.6 Å². The highest BCUT2D eigenvalue weighted by Crippen LogP contribution is 2.23. The van der Waals surface area contributed by atoms with Crippen LogP contribution in [-0.4, -0.2) is 40.1 Å². The number of fused-ring (bicyclic) bond motifs is 1. The molecule has 0 spiro atoms. The number of nitrogens with zero attached hydrogens (tertiary/aromatic N) is 4. The van der Waals surface area contributed by atoms with Crippen molar-refractivity contribution in [1.29, 1.82) is 0 Å². The first-order valence-electron chi connectivity index (χ1n) is 6.88. The van der Waals surface area contributed by atoms with Crippen LogP contribution in [0.2, 0.25) is 0 Å². The van der Waals surface area contributed by atoms with E-state index >= 15 is 0 Å². The number of benzene rings is 1. The van der Waals surface area contributed by atoms with Gasteiger partial charge in [0.15, 0.2) is 5.69 Å². The quantitative estimate of drug-likeness (QED) is 0.857. The van der Waals surface area contributed by atoms with Crippen molar-refractivity contribution in [2.75, 3.05) is 14.1 Å². The summed E-state index contributed by atoms with van der Waals surface area (Å²) in [7, 11) is 3.87. The molecule has 0 saturated heterocycles. The van der Waals surface area contributed by atoms with Crippen molar-refractivity contribution in [3.8, 4) is 0 Å². The molecule has 1 aromatic carbocycles. The van der Waals surface area contributed by atoms with Gasteiger partial charge in [-0.15, -0.1) is 0 Å². The SMILES string of the molecule is Cc1nonc1C(=O)N(C)Cc1ccc2c(c1)CN(C)C2. The van der Waals surface area contributed by atoms with E-state index in [2.05, 4.69) is 45.1 Å². The van der Waals surface area contributed by atoms with E-state index in [1.807, 2.05) is 0 Å². The monoisotopic (exact) mass is 286 g/mol. The maximum absolute atomic E-state index is 12.3. The molecule has 0 N–H and O–H groups in total. The molecule has 0 fully saturated rings. The van der Waals surface area contributed by atoms with E-state index < -0.39 is 0 Å². The number of rotatable bonds is 3. The minimum atomic E-state index is -0.175. The van der Waals surface area contributed by atoms with Crippen molar-refractivity contribution in [3.05, 3.63) is 46.3 Å². The molecule has 110 valence electrons. The molecule has 6 nitrogen and oxygen atoms in total. The average Bonchev–Trinajstić information content (AvgIpc) is 3.02. The predicted octanol–water partition coefficient (Wildman–Crippen LogP) is 1.60. The molecule has 1 aromatic heterocycles. The zero-order valence-corrected chi connectivity index (χ0v) is 12.5. The fourth-order valence-electron chi connectivity index (χ4n) is 2.67. The molecule has 0 atom stereocenters. The first kappa shape index (κ1) is 13.8. The number of hydrogen-bond acceptors (Lipinski definition) is 5. The summed E-state index contributed by atoms with van der Waals surface area (Å²) in [4.78, 5) is 16.2. The number of carbonyl (C=O) groups is 1. The molecule has 0 bridgehead atoms. The number of carbonyl (C=O) groups excluding carboxylic acids is 1. The van der Waals surface area contributed by atoms with Gasteiger partial charge in [0, 0.05) is 26.7 Å². The van der Waals surface area contributed by atoms with Crippen molar-refractivity contribution in [1.82, 2.24) is 20.1 Å². The van der Waals surface area contributed by atoms with Crippen molar-refractivity contribution >= 4 is 5.91 Å². The third-order valence-corrected chi connectivity index (χ3v) is 3.77. The van der Waals surface area contributed by atoms with Crippen molar-refractivity contribution in [3.63, 3.8) is 0 Å². The highest BCUT2D eigenvalue weighted by Gasteiger charge is 2.20. The average molecular weight is 286 g/mol. The Kier molecular flexibility index (Phi) is 3.47. The fraction of sp³-hybridized carbons (Fsp3) is 0.400. The molecule has 0 unspecified atom stereocenters. The molecular formula is C15H18N4O2. The van der Waals surface area contributed by atoms with Gasteiger partial charge >= 0.3 is 0 Å². The molecule has 0 radical (unpaired) electrons. The maximum Gasteiger partial charge on any atom is 0.278 e. The van der Waals surface area contributed by atoms with Gasteiger partial charge in [-0.2, -0.15) is 0 Å². The van der Waals surface area contributed by atoms with E-state index in [9.17, 15) is 4.79 Å². The maximum atomic E-state index is 12.3. The Morgan fingerprint density at radius 2 is 2.10 bits per heavy atom. The van der Waals surface area contributed by atoms with Gasteiger partial charge < -0.3 is 4.90 Å². The molecule has 2 heterocycles. The Bertz CT molecular complexity index is 680. The van der Waals surface area contributed by atoms with Gasteiger partial charge in [-0.3, -0.25) is 9.69 Å². The summed E-state index contributed by atoms with van der Waals surface area (Å²) in [5, 5.41) is 7.31. The lowest BCUT2D eigenvalue weighted by atomic mass is 10.1. The summed E-state index contributed by atoms with van der Waals surface area (Å²) in [6.07, 6.45) is 0. The number of aryl methyl sites for hydroxylation is 1. The minimum absolute atomic E-state index is 0.175. The molecule has 0 aliphatic carbocycles. The molecule has 2 aromatic rings. The van der Waals surface area contributed by atoms with Crippen LogP contribution in [0.15, 0.2) is 22.8 Å². The zero-order chi connectivity index (χ0) is 15.0. The highest BCUT2D eigenvalue weighted by atomic mass is 16.6. The van der Waals surface area contributed by atoms with Gasteiger partial charge in [0.2, 0.25) is 0 Å². The second kappa shape index (κ2) is 5.29. The van der Waals surface area contributed by atoms with Gasteiger partial charge in [-0.25, -0.2) is 4.63 Å². The summed E-state index contributed by atoms with van der Waals surface area (Å²) in [6, 6.07) is 6.40. The molecule has 21 heavy (non-hydrogen) atoms. The third-order valence-electron chi connectivity index (χ3n) is 3.77. The van der Waals surface area contributed by atoms with Crippen LogP contribution in [0, 0.1) is 6.92 Å². The van der Waals surface area contributed by atoms with E-state index in [0.717, 1.165) is 18.7 Å². The normalized spacial score (nSPS) is 14.2. The number of hydrogen-bond donors (Lipinski definition) is 0.